The van der Waals surface area contributed by atoms with E-state index >= 15 is 0 Å². The van der Waals surface area contributed by atoms with E-state index in [1.165, 1.54) is 10.9 Å². The maximum atomic E-state index is 12.1. The summed E-state index contributed by atoms with van der Waals surface area (Å²) >= 11 is 5.71. The Morgan fingerprint density at radius 1 is 1.55 bits per heavy atom. The summed E-state index contributed by atoms with van der Waals surface area (Å²) in [5.74, 6) is -2.28. The lowest BCUT2D eigenvalue weighted by molar-refractivity contribution is -0.389. The molecule has 2 rings (SSSR count). The van der Waals surface area contributed by atoms with Crippen molar-refractivity contribution in [3.8, 4) is 0 Å². The van der Waals surface area contributed by atoms with Gasteiger partial charge in [-0.2, -0.15) is 5.10 Å². The molecule has 0 saturated heterocycles. The fourth-order valence-corrected chi connectivity index (χ4v) is 1.87. The first-order chi connectivity index (χ1) is 10.3. The third kappa shape index (κ3) is 2.74. The largest absolute Gasteiger partial charge is 0.364 e. The Labute approximate surface area is 127 Å². The molecule has 116 valence electrons. The highest BCUT2D eigenvalue weighted by atomic mass is 35.5. The molecule has 2 heterocycles. The van der Waals surface area contributed by atoms with Gasteiger partial charge < -0.3 is 21.2 Å². The SMILES string of the molecule is CCn1cc(NC(=O)c2n[nH]c([N+](=O)[O-])c2Cl)c(C(N)=O)n1. The normalized spacial score (nSPS) is 10.5. The van der Waals surface area contributed by atoms with Gasteiger partial charge in [-0.3, -0.25) is 14.3 Å². The van der Waals surface area contributed by atoms with E-state index in [4.69, 9.17) is 17.3 Å². The zero-order valence-electron chi connectivity index (χ0n) is 11.2. The van der Waals surface area contributed by atoms with Gasteiger partial charge in [0.1, 0.15) is 0 Å². The highest BCUT2D eigenvalue weighted by Crippen LogP contribution is 2.25. The van der Waals surface area contributed by atoms with Gasteiger partial charge in [0.15, 0.2) is 16.4 Å². The lowest BCUT2D eigenvalue weighted by Gasteiger charge is -2.00. The first-order valence-corrected chi connectivity index (χ1v) is 6.29. The maximum absolute atomic E-state index is 12.1. The summed E-state index contributed by atoms with van der Waals surface area (Å²) < 4.78 is 1.39. The van der Waals surface area contributed by atoms with Crippen LogP contribution in [-0.2, 0) is 6.54 Å². The number of H-pyrrole nitrogens is 1. The van der Waals surface area contributed by atoms with Gasteiger partial charge >= 0.3 is 5.82 Å². The van der Waals surface area contributed by atoms with Gasteiger partial charge in [-0.1, -0.05) is 16.7 Å². The van der Waals surface area contributed by atoms with Crippen LogP contribution in [0.25, 0.3) is 0 Å². The number of anilines is 1. The molecule has 0 aliphatic rings. The van der Waals surface area contributed by atoms with Crippen LogP contribution in [0, 0.1) is 10.1 Å². The van der Waals surface area contributed by atoms with E-state index in [-0.39, 0.29) is 17.1 Å². The second-order valence-electron chi connectivity index (χ2n) is 4.06. The summed E-state index contributed by atoms with van der Waals surface area (Å²) in [5, 5.41) is 22.0. The highest BCUT2D eigenvalue weighted by molar-refractivity contribution is 6.36. The summed E-state index contributed by atoms with van der Waals surface area (Å²) in [4.78, 5) is 33.2. The van der Waals surface area contributed by atoms with Gasteiger partial charge in [-0.05, 0) is 11.8 Å². The minimum absolute atomic E-state index is 0.0565. The summed E-state index contributed by atoms with van der Waals surface area (Å²) in [6.07, 6.45) is 1.40. The Balaban J connectivity index is 2.31. The number of aromatic nitrogens is 4. The molecule has 2 amide bonds. The molecule has 22 heavy (non-hydrogen) atoms. The molecule has 0 aliphatic carbocycles. The molecule has 0 fully saturated rings. The number of carbonyl (C=O) groups excluding carboxylic acids is 2. The molecule has 12 heteroatoms. The Bertz CT molecular complexity index is 765. The number of amides is 2. The molecule has 0 saturated carbocycles. The van der Waals surface area contributed by atoms with Crippen LogP contribution in [0.4, 0.5) is 11.5 Å². The van der Waals surface area contributed by atoms with E-state index < -0.39 is 27.6 Å². The molecule has 11 nitrogen and oxygen atoms in total. The molecule has 2 aromatic rings. The van der Waals surface area contributed by atoms with Crippen LogP contribution >= 0.6 is 11.6 Å². The number of aryl methyl sites for hydroxylation is 1. The first kappa shape index (κ1) is 15.4. The molecular weight excluding hydrogens is 318 g/mol. The number of aromatic amines is 1. The van der Waals surface area contributed by atoms with Crippen molar-refractivity contribution < 1.29 is 14.5 Å². The second-order valence-corrected chi connectivity index (χ2v) is 4.44. The average Bonchev–Trinajstić information content (AvgIpc) is 3.02. The molecule has 0 radical (unpaired) electrons. The number of hydrogen-bond donors (Lipinski definition) is 3. The lowest BCUT2D eigenvalue weighted by atomic mass is 10.3. The third-order valence-corrected chi connectivity index (χ3v) is 3.01. The van der Waals surface area contributed by atoms with Crippen molar-refractivity contribution in [1.82, 2.24) is 20.0 Å². The number of halogens is 1. The minimum Gasteiger partial charge on any atom is -0.364 e. The number of carbonyl (C=O) groups is 2. The topological polar surface area (TPSA) is 162 Å². The van der Waals surface area contributed by atoms with Crippen LogP contribution in [0.15, 0.2) is 6.20 Å². The van der Waals surface area contributed by atoms with Gasteiger partial charge in [0.25, 0.3) is 11.8 Å². The van der Waals surface area contributed by atoms with Gasteiger partial charge in [0, 0.05) is 12.7 Å². The molecule has 4 N–H and O–H groups in total. The van der Waals surface area contributed by atoms with Gasteiger partial charge in [0.05, 0.1) is 5.69 Å². The van der Waals surface area contributed by atoms with E-state index in [1.807, 2.05) is 5.10 Å². The molecule has 0 spiro atoms. The number of primary amides is 1. The van der Waals surface area contributed by atoms with E-state index in [2.05, 4.69) is 15.5 Å². The number of hydrogen-bond acceptors (Lipinski definition) is 6. The predicted molar refractivity (Wildman–Crippen MR) is 74.6 cm³/mol. The van der Waals surface area contributed by atoms with Crippen LogP contribution in [-0.4, -0.2) is 36.7 Å². The van der Waals surface area contributed by atoms with Crippen molar-refractivity contribution in [3.63, 3.8) is 0 Å². The zero-order valence-corrected chi connectivity index (χ0v) is 11.9. The van der Waals surface area contributed by atoms with Crippen molar-refractivity contribution >= 4 is 34.9 Å². The lowest BCUT2D eigenvalue weighted by Crippen LogP contribution is -2.18. The minimum atomic E-state index is -0.840. The van der Waals surface area contributed by atoms with Crippen LogP contribution in [0.3, 0.4) is 0 Å². The Kier molecular flexibility index (Phi) is 4.08. The summed E-state index contributed by atoms with van der Waals surface area (Å²) in [6, 6.07) is 0. The van der Waals surface area contributed by atoms with Crippen molar-refractivity contribution in [1.29, 1.82) is 0 Å². The van der Waals surface area contributed by atoms with Gasteiger partial charge in [-0.25, -0.2) is 0 Å². The third-order valence-electron chi connectivity index (χ3n) is 2.65. The standard InChI is InChI=1S/C10H10ClN7O4/c1-2-17-3-4(6(16-17)8(12)19)13-10(20)7-5(11)9(15-14-7)18(21)22/h3H,2H2,1H3,(H2,12,19)(H,13,20)(H,14,15). The number of nitro groups is 1. The van der Waals surface area contributed by atoms with E-state index in [0.29, 0.717) is 6.54 Å². The maximum Gasteiger partial charge on any atom is 0.362 e. The van der Waals surface area contributed by atoms with Gasteiger partial charge in [-0.15, -0.1) is 5.10 Å². The molecule has 0 aromatic carbocycles. The Morgan fingerprint density at radius 3 is 2.73 bits per heavy atom. The van der Waals surface area contributed by atoms with Crippen molar-refractivity contribution in [2.24, 2.45) is 5.73 Å². The monoisotopic (exact) mass is 327 g/mol. The number of nitrogens with one attached hydrogen (secondary N) is 2. The van der Waals surface area contributed by atoms with E-state index in [1.54, 1.807) is 6.92 Å². The molecule has 0 aliphatic heterocycles. The van der Waals surface area contributed by atoms with Gasteiger partial charge in [0.2, 0.25) is 0 Å². The van der Waals surface area contributed by atoms with E-state index in [0.717, 1.165) is 0 Å². The first-order valence-electron chi connectivity index (χ1n) is 5.92. The summed E-state index contributed by atoms with van der Waals surface area (Å²) in [6.45, 7) is 2.22. The summed E-state index contributed by atoms with van der Waals surface area (Å²) in [5.41, 5.74) is 4.70. The highest BCUT2D eigenvalue weighted by Gasteiger charge is 2.26. The van der Waals surface area contributed by atoms with Crippen molar-refractivity contribution in [3.05, 3.63) is 32.7 Å². The Hall–Kier alpha value is -2.95. The molecule has 0 bridgehead atoms. The van der Waals surface area contributed by atoms with Crippen molar-refractivity contribution in [2.45, 2.75) is 13.5 Å². The number of nitrogens with zero attached hydrogens (tertiary/aromatic N) is 4. The fraction of sp³-hybridized carbons (Fsp3) is 0.200. The molecular formula is C10H10ClN7O4. The molecule has 2 aromatic heterocycles. The van der Waals surface area contributed by atoms with Crippen LogP contribution < -0.4 is 11.1 Å². The molecule has 0 unspecified atom stereocenters. The average molecular weight is 328 g/mol. The fourth-order valence-electron chi connectivity index (χ4n) is 1.63. The number of nitrogens with two attached hydrogens (primary N) is 1. The van der Waals surface area contributed by atoms with E-state index in [9.17, 15) is 19.7 Å². The predicted octanol–water partition coefficient (Wildman–Crippen LogP) is 0.539. The summed E-state index contributed by atoms with van der Waals surface area (Å²) in [7, 11) is 0. The second kappa shape index (κ2) is 5.81. The van der Waals surface area contributed by atoms with Crippen LogP contribution in [0.1, 0.15) is 27.9 Å². The number of rotatable bonds is 5. The zero-order chi connectivity index (χ0) is 16.4. The van der Waals surface area contributed by atoms with Crippen LogP contribution in [0.2, 0.25) is 5.02 Å². The van der Waals surface area contributed by atoms with Crippen molar-refractivity contribution in [2.75, 3.05) is 5.32 Å². The quantitative estimate of drug-likeness (QED) is 0.536. The Morgan fingerprint density at radius 2 is 2.23 bits per heavy atom. The molecule has 0 atom stereocenters. The van der Waals surface area contributed by atoms with Crippen LogP contribution in [0.5, 0.6) is 0 Å². The smallest absolute Gasteiger partial charge is 0.362 e.